The molecular weight excluding hydrogens is 290 g/mol. The summed E-state index contributed by atoms with van der Waals surface area (Å²) in [5.41, 5.74) is 8.86. The predicted octanol–water partition coefficient (Wildman–Crippen LogP) is 2.74. The van der Waals surface area contributed by atoms with E-state index < -0.39 is 0 Å². The number of nitrogen functional groups attached to an aromatic ring is 1. The SMILES string of the molecule is Nc1cc(Br)ccc1NC(=O)c1cscn1. The Kier molecular flexibility index (Phi) is 3.21. The number of carbonyl (C=O) groups is 1. The summed E-state index contributed by atoms with van der Waals surface area (Å²) >= 11 is 4.67. The quantitative estimate of drug-likeness (QED) is 0.838. The molecule has 0 bridgehead atoms. The Bertz CT molecular complexity index is 513. The molecule has 0 saturated heterocycles. The summed E-state index contributed by atoms with van der Waals surface area (Å²) < 4.78 is 0.872. The second-order valence-corrected chi connectivity index (χ2v) is 4.69. The smallest absolute Gasteiger partial charge is 0.275 e. The van der Waals surface area contributed by atoms with Crippen molar-refractivity contribution in [2.45, 2.75) is 0 Å². The van der Waals surface area contributed by atoms with Crippen molar-refractivity contribution in [2.75, 3.05) is 11.1 Å². The minimum absolute atomic E-state index is 0.254. The molecule has 0 fully saturated rings. The molecule has 1 amide bonds. The van der Waals surface area contributed by atoms with Crippen LogP contribution in [-0.2, 0) is 0 Å². The molecule has 4 nitrogen and oxygen atoms in total. The molecule has 1 heterocycles. The highest BCUT2D eigenvalue weighted by atomic mass is 79.9. The van der Waals surface area contributed by atoms with Crippen LogP contribution in [0.2, 0.25) is 0 Å². The lowest BCUT2D eigenvalue weighted by atomic mass is 10.2. The summed E-state index contributed by atoms with van der Waals surface area (Å²) in [6.45, 7) is 0. The lowest BCUT2D eigenvalue weighted by Crippen LogP contribution is -2.13. The van der Waals surface area contributed by atoms with Gasteiger partial charge in [0.25, 0.3) is 5.91 Å². The Morgan fingerprint density at radius 2 is 2.31 bits per heavy atom. The average Bonchev–Trinajstić information content (AvgIpc) is 2.75. The second kappa shape index (κ2) is 4.63. The molecule has 2 rings (SSSR count). The highest BCUT2D eigenvalue weighted by Gasteiger charge is 2.09. The van der Waals surface area contributed by atoms with Crippen molar-refractivity contribution in [3.05, 3.63) is 39.3 Å². The summed E-state index contributed by atoms with van der Waals surface area (Å²) in [6, 6.07) is 5.29. The van der Waals surface area contributed by atoms with Gasteiger partial charge in [0.2, 0.25) is 0 Å². The molecule has 16 heavy (non-hydrogen) atoms. The molecule has 0 aliphatic rings. The molecule has 1 aromatic carbocycles. The third-order valence-corrected chi connectivity index (χ3v) is 3.01. The number of hydrogen-bond donors (Lipinski definition) is 2. The monoisotopic (exact) mass is 297 g/mol. The van der Waals surface area contributed by atoms with Crippen LogP contribution in [0.1, 0.15) is 10.5 Å². The maximum Gasteiger partial charge on any atom is 0.275 e. The van der Waals surface area contributed by atoms with E-state index in [1.807, 2.05) is 6.07 Å². The number of benzene rings is 1. The third kappa shape index (κ3) is 2.40. The van der Waals surface area contributed by atoms with Crippen LogP contribution in [0.5, 0.6) is 0 Å². The Hall–Kier alpha value is -1.40. The number of aromatic nitrogens is 1. The first kappa shape index (κ1) is 11.1. The normalized spacial score (nSPS) is 10.1. The number of nitrogens with two attached hydrogens (primary N) is 1. The van der Waals surface area contributed by atoms with Crippen LogP contribution in [0.25, 0.3) is 0 Å². The van der Waals surface area contributed by atoms with Crippen molar-refractivity contribution in [1.29, 1.82) is 0 Å². The first-order valence-corrected chi connectivity index (χ1v) is 6.15. The number of anilines is 2. The van der Waals surface area contributed by atoms with Gasteiger partial charge in [-0.3, -0.25) is 4.79 Å². The maximum absolute atomic E-state index is 11.7. The Labute approximate surface area is 105 Å². The van der Waals surface area contributed by atoms with Gasteiger partial charge in [-0.2, -0.15) is 0 Å². The number of nitrogens with one attached hydrogen (secondary N) is 1. The first-order valence-electron chi connectivity index (χ1n) is 4.41. The van der Waals surface area contributed by atoms with E-state index in [2.05, 4.69) is 26.2 Å². The maximum atomic E-state index is 11.7. The summed E-state index contributed by atoms with van der Waals surface area (Å²) in [5.74, 6) is -0.254. The number of rotatable bonds is 2. The van der Waals surface area contributed by atoms with Crippen molar-refractivity contribution in [2.24, 2.45) is 0 Å². The zero-order valence-corrected chi connectivity index (χ0v) is 10.5. The lowest BCUT2D eigenvalue weighted by molar-refractivity contribution is 0.102. The van der Waals surface area contributed by atoms with Crippen LogP contribution >= 0.6 is 27.3 Å². The summed E-state index contributed by atoms with van der Waals surface area (Å²) in [5, 5.41) is 4.38. The van der Waals surface area contributed by atoms with Gasteiger partial charge in [-0.25, -0.2) is 4.98 Å². The van der Waals surface area contributed by atoms with Gasteiger partial charge in [-0.05, 0) is 18.2 Å². The number of thiazole rings is 1. The molecular formula is C10H8BrN3OS. The van der Waals surface area contributed by atoms with E-state index in [4.69, 9.17) is 5.73 Å². The van der Waals surface area contributed by atoms with Gasteiger partial charge in [0.05, 0.1) is 16.9 Å². The largest absolute Gasteiger partial charge is 0.397 e. The van der Waals surface area contributed by atoms with Gasteiger partial charge in [0.1, 0.15) is 5.69 Å². The molecule has 0 unspecified atom stereocenters. The van der Waals surface area contributed by atoms with Gasteiger partial charge in [0, 0.05) is 9.85 Å². The van der Waals surface area contributed by atoms with Crippen molar-refractivity contribution in [3.63, 3.8) is 0 Å². The summed E-state index contributed by atoms with van der Waals surface area (Å²) in [6.07, 6.45) is 0. The van der Waals surface area contributed by atoms with E-state index in [1.165, 1.54) is 11.3 Å². The minimum Gasteiger partial charge on any atom is -0.397 e. The fourth-order valence-corrected chi connectivity index (χ4v) is 2.07. The van der Waals surface area contributed by atoms with Crippen molar-refractivity contribution >= 4 is 44.5 Å². The molecule has 1 aromatic heterocycles. The van der Waals surface area contributed by atoms with Gasteiger partial charge < -0.3 is 11.1 Å². The summed E-state index contributed by atoms with van der Waals surface area (Å²) in [4.78, 5) is 15.6. The molecule has 3 N–H and O–H groups in total. The predicted molar refractivity (Wildman–Crippen MR) is 68.6 cm³/mol. The standard InChI is InChI=1S/C10H8BrN3OS/c11-6-1-2-8(7(12)3-6)14-10(15)9-4-16-5-13-9/h1-5H,12H2,(H,14,15). The molecule has 0 aliphatic carbocycles. The molecule has 0 atom stereocenters. The lowest BCUT2D eigenvalue weighted by Gasteiger charge is -2.06. The number of nitrogens with zero attached hydrogens (tertiary/aromatic N) is 1. The van der Waals surface area contributed by atoms with Gasteiger partial charge >= 0.3 is 0 Å². The first-order chi connectivity index (χ1) is 7.66. The molecule has 6 heteroatoms. The fraction of sp³-hybridized carbons (Fsp3) is 0. The van der Waals surface area contributed by atoms with Crippen LogP contribution in [0.4, 0.5) is 11.4 Å². The van der Waals surface area contributed by atoms with Crippen LogP contribution in [-0.4, -0.2) is 10.9 Å². The number of carbonyl (C=O) groups excluding carboxylic acids is 1. The van der Waals surface area contributed by atoms with E-state index in [9.17, 15) is 4.79 Å². The topological polar surface area (TPSA) is 68.0 Å². The Balaban J connectivity index is 2.18. The number of halogens is 1. The highest BCUT2D eigenvalue weighted by molar-refractivity contribution is 9.10. The molecule has 0 aliphatic heterocycles. The second-order valence-electron chi connectivity index (χ2n) is 3.06. The number of amides is 1. The summed E-state index contributed by atoms with van der Waals surface area (Å²) in [7, 11) is 0. The average molecular weight is 298 g/mol. The van der Waals surface area contributed by atoms with Gasteiger partial charge in [-0.15, -0.1) is 11.3 Å². The highest BCUT2D eigenvalue weighted by Crippen LogP contribution is 2.23. The van der Waals surface area contributed by atoms with Crippen LogP contribution in [0.15, 0.2) is 33.6 Å². The van der Waals surface area contributed by atoms with Crippen molar-refractivity contribution < 1.29 is 4.79 Å². The van der Waals surface area contributed by atoms with E-state index in [0.717, 1.165) is 4.47 Å². The van der Waals surface area contributed by atoms with Crippen LogP contribution < -0.4 is 11.1 Å². The fourth-order valence-electron chi connectivity index (χ4n) is 1.16. The van der Waals surface area contributed by atoms with Crippen molar-refractivity contribution in [3.8, 4) is 0 Å². The van der Waals surface area contributed by atoms with E-state index in [0.29, 0.717) is 17.1 Å². The molecule has 0 radical (unpaired) electrons. The Morgan fingerprint density at radius 3 is 2.94 bits per heavy atom. The van der Waals surface area contributed by atoms with Gasteiger partial charge in [0.15, 0.2) is 0 Å². The zero-order chi connectivity index (χ0) is 11.5. The Morgan fingerprint density at radius 1 is 1.50 bits per heavy atom. The zero-order valence-electron chi connectivity index (χ0n) is 8.11. The van der Waals surface area contributed by atoms with Crippen LogP contribution in [0.3, 0.4) is 0 Å². The molecule has 2 aromatic rings. The van der Waals surface area contributed by atoms with E-state index in [1.54, 1.807) is 23.0 Å². The minimum atomic E-state index is -0.254. The molecule has 0 spiro atoms. The van der Waals surface area contributed by atoms with Gasteiger partial charge in [-0.1, -0.05) is 15.9 Å². The van der Waals surface area contributed by atoms with E-state index >= 15 is 0 Å². The van der Waals surface area contributed by atoms with Crippen LogP contribution in [0, 0.1) is 0 Å². The number of hydrogen-bond acceptors (Lipinski definition) is 4. The molecule has 82 valence electrons. The third-order valence-electron chi connectivity index (χ3n) is 1.93. The van der Waals surface area contributed by atoms with Crippen molar-refractivity contribution in [1.82, 2.24) is 4.98 Å². The van der Waals surface area contributed by atoms with E-state index in [-0.39, 0.29) is 5.91 Å². The molecule has 0 saturated carbocycles.